The molecule has 3 rings (SSSR count). The third-order valence-corrected chi connectivity index (χ3v) is 3.85. The molecule has 6 heteroatoms. The van der Waals surface area contributed by atoms with Gasteiger partial charge in [-0.05, 0) is 20.8 Å². The van der Waals surface area contributed by atoms with Crippen LogP contribution < -0.4 is 10.2 Å². The normalized spacial score (nSPS) is 25.9. The third-order valence-electron chi connectivity index (χ3n) is 3.85. The number of nitrogens with zero attached hydrogens (tertiary/aromatic N) is 3. The van der Waals surface area contributed by atoms with E-state index < -0.39 is 0 Å². The molecular formula is C13H20N4O2. The van der Waals surface area contributed by atoms with Crippen LogP contribution in [0.25, 0.3) is 0 Å². The van der Waals surface area contributed by atoms with Crippen LogP contribution in [-0.2, 0) is 10.3 Å². The van der Waals surface area contributed by atoms with E-state index in [-0.39, 0.29) is 17.5 Å². The van der Waals surface area contributed by atoms with Gasteiger partial charge in [0.05, 0.1) is 24.8 Å². The number of carbonyl (C=O) groups excluding carboxylic acids is 1. The van der Waals surface area contributed by atoms with Crippen LogP contribution in [0.4, 0.5) is 5.82 Å². The fourth-order valence-corrected chi connectivity index (χ4v) is 2.66. The van der Waals surface area contributed by atoms with Gasteiger partial charge in [-0.1, -0.05) is 0 Å². The Hall–Kier alpha value is -1.56. The predicted octanol–water partition coefficient (Wildman–Crippen LogP) is 0.587. The summed E-state index contributed by atoms with van der Waals surface area (Å²) < 4.78 is 7.29. The molecule has 3 heterocycles. The highest BCUT2D eigenvalue weighted by Gasteiger charge is 2.34. The predicted molar refractivity (Wildman–Crippen MR) is 71.5 cm³/mol. The highest BCUT2D eigenvalue weighted by molar-refractivity contribution is 5.94. The zero-order valence-electron chi connectivity index (χ0n) is 11.6. The molecule has 0 bridgehead atoms. The van der Waals surface area contributed by atoms with E-state index in [1.165, 1.54) is 0 Å². The Kier molecular flexibility index (Phi) is 2.78. The first-order chi connectivity index (χ1) is 8.99. The van der Waals surface area contributed by atoms with E-state index in [2.05, 4.69) is 36.1 Å². The van der Waals surface area contributed by atoms with Crippen molar-refractivity contribution in [3.05, 3.63) is 11.8 Å². The maximum absolute atomic E-state index is 11.9. The molecule has 104 valence electrons. The first-order valence-corrected chi connectivity index (χ1v) is 6.72. The number of ether oxygens (including phenoxy) is 1. The van der Waals surface area contributed by atoms with Gasteiger partial charge in [0.25, 0.3) is 5.91 Å². The summed E-state index contributed by atoms with van der Waals surface area (Å²) in [5.41, 5.74) is 0.460. The summed E-state index contributed by atoms with van der Waals surface area (Å²) in [6, 6.07) is 2.18. The number of fused-ring (bicyclic) bond motifs is 1. The van der Waals surface area contributed by atoms with Crippen LogP contribution in [0.3, 0.4) is 0 Å². The van der Waals surface area contributed by atoms with Gasteiger partial charge in [0, 0.05) is 19.2 Å². The van der Waals surface area contributed by atoms with Crippen molar-refractivity contribution in [1.29, 1.82) is 0 Å². The van der Waals surface area contributed by atoms with Crippen molar-refractivity contribution in [3.8, 4) is 0 Å². The number of carbonyl (C=O) groups is 1. The van der Waals surface area contributed by atoms with Crippen LogP contribution in [-0.4, -0.2) is 48.0 Å². The molecule has 1 saturated heterocycles. The molecule has 1 unspecified atom stereocenters. The van der Waals surface area contributed by atoms with Crippen LogP contribution in [0.15, 0.2) is 6.07 Å². The minimum Gasteiger partial charge on any atom is -0.377 e. The topological polar surface area (TPSA) is 59.4 Å². The minimum absolute atomic E-state index is 0.0426. The van der Waals surface area contributed by atoms with Crippen molar-refractivity contribution < 1.29 is 9.53 Å². The molecule has 1 N–H and O–H groups in total. The molecular weight excluding hydrogens is 244 g/mol. The van der Waals surface area contributed by atoms with Gasteiger partial charge in [-0.3, -0.25) is 9.48 Å². The molecule has 0 aliphatic carbocycles. The van der Waals surface area contributed by atoms with E-state index in [9.17, 15) is 4.79 Å². The van der Waals surface area contributed by atoms with E-state index in [4.69, 9.17) is 4.74 Å². The number of morpholine rings is 1. The van der Waals surface area contributed by atoms with E-state index in [1.54, 1.807) is 0 Å². The summed E-state index contributed by atoms with van der Waals surface area (Å²) in [6.07, 6.45) is 0. The summed E-state index contributed by atoms with van der Waals surface area (Å²) in [5.74, 6) is 0.829. The lowest BCUT2D eigenvalue weighted by Crippen LogP contribution is -2.48. The number of nitrogens with one attached hydrogen (secondary N) is 1. The van der Waals surface area contributed by atoms with Gasteiger partial charge in [0.1, 0.15) is 5.69 Å². The van der Waals surface area contributed by atoms with Gasteiger partial charge in [-0.15, -0.1) is 0 Å². The summed E-state index contributed by atoms with van der Waals surface area (Å²) in [4.78, 5) is 14.1. The Morgan fingerprint density at radius 3 is 3.00 bits per heavy atom. The largest absolute Gasteiger partial charge is 0.377 e. The molecule has 2 aliphatic rings. The lowest BCUT2D eigenvalue weighted by Gasteiger charge is -2.34. The van der Waals surface area contributed by atoms with Gasteiger partial charge < -0.3 is 15.0 Å². The number of hydrogen-bond acceptors (Lipinski definition) is 4. The number of rotatable bonds is 1. The standard InChI is InChI=1S/C13H20N4O2/c1-9-7-19-5-4-16(9)11-6-10-12(18)14-8-13(2,3)17(10)15-11/h6,9H,4-5,7-8H2,1-3H3,(H,14,18). The number of aromatic nitrogens is 2. The van der Waals surface area contributed by atoms with Crippen LogP contribution in [0.2, 0.25) is 0 Å². The maximum atomic E-state index is 11.9. The van der Waals surface area contributed by atoms with Gasteiger partial charge in [0.15, 0.2) is 5.82 Å². The van der Waals surface area contributed by atoms with E-state index in [0.717, 1.165) is 12.4 Å². The zero-order chi connectivity index (χ0) is 13.6. The van der Waals surface area contributed by atoms with Crippen molar-refractivity contribution in [3.63, 3.8) is 0 Å². The molecule has 1 amide bonds. The van der Waals surface area contributed by atoms with Gasteiger partial charge >= 0.3 is 0 Å². The van der Waals surface area contributed by atoms with Gasteiger partial charge in [-0.25, -0.2) is 0 Å². The molecule has 0 aromatic carbocycles. The Morgan fingerprint density at radius 1 is 1.53 bits per heavy atom. The molecule has 19 heavy (non-hydrogen) atoms. The van der Waals surface area contributed by atoms with E-state index in [1.807, 2.05) is 10.7 Å². The average molecular weight is 264 g/mol. The smallest absolute Gasteiger partial charge is 0.269 e. The van der Waals surface area contributed by atoms with Gasteiger partial charge in [-0.2, -0.15) is 5.10 Å². The van der Waals surface area contributed by atoms with Crippen LogP contribution >= 0.6 is 0 Å². The second-order valence-electron chi connectivity index (χ2n) is 5.91. The first kappa shape index (κ1) is 12.5. The van der Waals surface area contributed by atoms with Crippen LogP contribution in [0, 0.1) is 0 Å². The lowest BCUT2D eigenvalue weighted by atomic mass is 10.0. The summed E-state index contributed by atoms with van der Waals surface area (Å²) in [6.45, 7) is 9.12. The van der Waals surface area contributed by atoms with E-state index in [0.29, 0.717) is 25.5 Å². The molecule has 6 nitrogen and oxygen atoms in total. The highest BCUT2D eigenvalue weighted by atomic mass is 16.5. The fraction of sp³-hybridized carbons (Fsp3) is 0.692. The minimum atomic E-state index is -0.184. The third kappa shape index (κ3) is 2.00. The SMILES string of the molecule is CC1COCCN1c1cc2n(n1)C(C)(C)CNC2=O. The van der Waals surface area contributed by atoms with Crippen LogP contribution in [0.5, 0.6) is 0 Å². The van der Waals surface area contributed by atoms with Crippen molar-refractivity contribution in [2.24, 2.45) is 0 Å². The molecule has 1 aromatic rings. The molecule has 0 saturated carbocycles. The Morgan fingerprint density at radius 2 is 2.32 bits per heavy atom. The summed E-state index contributed by atoms with van der Waals surface area (Å²) >= 11 is 0. The number of amides is 1. The lowest BCUT2D eigenvalue weighted by molar-refractivity contribution is 0.0876. The Labute approximate surface area is 112 Å². The molecule has 0 radical (unpaired) electrons. The second kappa shape index (κ2) is 4.23. The summed E-state index contributed by atoms with van der Waals surface area (Å²) in [5, 5.41) is 7.57. The molecule has 1 aromatic heterocycles. The first-order valence-electron chi connectivity index (χ1n) is 6.72. The van der Waals surface area contributed by atoms with Crippen molar-refractivity contribution in [2.75, 3.05) is 31.2 Å². The molecule has 2 aliphatic heterocycles. The molecule has 1 atom stereocenters. The second-order valence-corrected chi connectivity index (χ2v) is 5.91. The molecule has 0 spiro atoms. The van der Waals surface area contributed by atoms with Crippen molar-refractivity contribution in [2.45, 2.75) is 32.4 Å². The quantitative estimate of drug-likeness (QED) is 0.806. The zero-order valence-corrected chi connectivity index (χ0v) is 11.6. The monoisotopic (exact) mass is 264 g/mol. The number of anilines is 1. The summed E-state index contributed by atoms with van der Waals surface area (Å²) in [7, 11) is 0. The van der Waals surface area contributed by atoms with Crippen molar-refractivity contribution in [1.82, 2.24) is 15.1 Å². The Bertz CT molecular complexity index is 509. The maximum Gasteiger partial charge on any atom is 0.269 e. The Balaban J connectivity index is 1.99. The number of hydrogen-bond donors (Lipinski definition) is 1. The van der Waals surface area contributed by atoms with Crippen molar-refractivity contribution >= 4 is 11.7 Å². The molecule has 1 fully saturated rings. The van der Waals surface area contributed by atoms with E-state index >= 15 is 0 Å². The highest BCUT2D eigenvalue weighted by Crippen LogP contribution is 2.26. The van der Waals surface area contributed by atoms with Crippen LogP contribution in [0.1, 0.15) is 31.3 Å². The van der Waals surface area contributed by atoms with Gasteiger partial charge in [0.2, 0.25) is 0 Å². The fourth-order valence-electron chi connectivity index (χ4n) is 2.66. The average Bonchev–Trinajstić information content (AvgIpc) is 2.82.